The van der Waals surface area contributed by atoms with Gasteiger partial charge in [0.2, 0.25) is 0 Å². The van der Waals surface area contributed by atoms with Gasteiger partial charge in [0, 0.05) is 6.54 Å². The van der Waals surface area contributed by atoms with Crippen LogP contribution in [0.3, 0.4) is 0 Å². The Balaban J connectivity index is 1.32. The fraction of sp³-hybridized carbons (Fsp3) is 0.174. The molecular weight excluding hydrogens is 334 g/mol. The van der Waals surface area contributed by atoms with E-state index in [0.717, 1.165) is 29.2 Å². The Kier molecular flexibility index (Phi) is 5.17. The van der Waals surface area contributed by atoms with Crippen LogP contribution in [0.15, 0.2) is 72.8 Å². The number of imidazole rings is 1. The summed E-state index contributed by atoms with van der Waals surface area (Å²) in [6, 6.07) is 24.7. The van der Waals surface area contributed by atoms with Crippen molar-refractivity contribution in [3.63, 3.8) is 0 Å². The first-order valence-electron chi connectivity index (χ1n) is 9.18. The molecule has 4 heteroatoms. The molecule has 0 fully saturated rings. The average Bonchev–Trinajstić information content (AvgIpc) is 3.10. The van der Waals surface area contributed by atoms with E-state index in [0.29, 0.717) is 13.2 Å². The minimum atomic E-state index is 0.581. The molecule has 0 amide bonds. The van der Waals surface area contributed by atoms with Crippen LogP contribution in [0.25, 0.3) is 11.0 Å². The highest BCUT2D eigenvalue weighted by Gasteiger charge is 2.03. The van der Waals surface area contributed by atoms with Crippen molar-refractivity contribution in [2.75, 3.05) is 0 Å². The average molecular weight is 357 g/mol. The number of nitrogens with zero attached hydrogens (tertiary/aromatic N) is 1. The number of aromatic amines is 1. The van der Waals surface area contributed by atoms with Gasteiger partial charge < -0.3 is 15.0 Å². The van der Waals surface area contributed by atoms with E-state index in [1.165, 1.54) is 16.7 Å². The minimum absolute atomic E-state index is 0.581. The Labute approximate surface area is 159 Å². The first-order valence-corrected chi connectivity index (χ1v) is 9.18. The van der Waals surface area contributed by atoms with Gasteiger partial charge in [-0.05, 0) is 42.3 Å². The fourth-order valence-electron chi connectivity index (χ4n) is 3.13. The third-order valence-corrected chi connectivity index (χ3v) is 4.45. The predicted molar refractivity (Wildman–Crippen MR) is 109 cm³/mol. The van der Waals surface area contributed by atoms with E-state index < -0.39 is 0 Å². The van der Waals surface area contributed by atoms with Crippen LogP contribution < -0.4 is 10.1 Å². The number of ether oxygens (including phenoxy) is 1. The third-order valence-electron chi connectivity index (χ3n) is 4.45. The van der Waals surface area contributed by atoms with Crippen LogP contribution in [0, 0.1) is 6.92 Å². The van der Waals surface area contributed by atoms with Gasteiger partial charge in [0.15, 0.2) is 0 Å². The van der Waals surface area contributed by atoms with E-state index in [9.17, 15) is 0 Å². The van der Waals surface area contributed by atoms with Gasteiger partial charge in [-0.25, -0.2) is 4.98 Å². The molecule has 0 aliphatic heterocycles. The standard InChI is InChI=1S/C23H23N3O/c1-17-6-4-8-19(12-17)16-27-20-9-5-7-18(13-20)14-24-15-23-25-21-10-2-3-11-22(21)26-23/h2-13,24H,14-16H2,1H3,(H,25,26). The van der Waals surface area contributed by atoms with E-state index in [-0.39, 0.29) is 0 Å². The molecular formula is C23H23N3O. The lowest BCUT2D eigenvalue weighted by Crippen LogP contribution is -2.13. The molecule has 4 rings (SSSR count). The van der Waals surface area contributed by atoms with Crippen LogP contribution in [0.4, 0.5) is 0 Å². The van der Waals surface area contributed by atoms with Gasteiger partial charge in [0.25, 0.3) is 0 Å². The summed E-state index contributed by atoms with van der Waals surface area (Å²) in [5.41, 5.74) is 5.69. The topological polar surface area (TPSA) is 49.9 Å². The SMILES string of the molecule is Cc1cccc(COc2cccc(CNCc3nc4ccccc4[nH]3)c2)c1. The van der Waals surface area contributed by atoms with E-state index in [4.69, 9.17) is 4.74 Å². The predicted octanol–water partition coefficient (Wildman–Crippen LogP) is 4.74. The molecule has 0 aliphatic rings. The van der Waals surface area contributed by atoms with Gasteiger partial charge in [-0.1, -0.05) is 54.1 Å². The molecule has 3 aromatic carbocycles. The Morgan fingerprint density at radius 2 is 1.74 bits per heavy atom. The summed E-state index contributed by atoms with van der Waals surface area (Å²) in [4.78, 5) is 7.93. The largest absolute Gasteiger partial charge is 0.489 e. The van der Waals surface area contributed by atoms with Crippen LogP contribution in [-0.4, -0.2) is 9.97 Å². The molecule has 4 aromatic rings. The van der Waals surface area contributed by atoms with E-state index in [1.54, 1.807) is 0 Å². The summed E-state index contributed by atoms with van der Waals surface area (Å²) in [6.07, 6.45) is 0. The molecule has 0 saturated heterocycles. The van der Waals surface area contributed by atoms with Crippen molar-refractivity contribution in [1.82, 2.24) is 15.3 Å². The Bertz CT molecular complexity index is 1010. The van der Waals surface area contributed by atoms with E-state index in [1.807, 2.05) is 36.4 Å². The zero-order chi connectivity index (χ0) is 18.5. The van der Waals surface area contributed by atoms with Crippen molar-refractivity contribution in [3.05, 3.63) is 95.3 Å². The maximum Gasteiger partial charge on any atom is 0.121 e. The summed E-state index contributed by atoms with van der Waals surface area (Å²) in [7, 11) is 0. The summed E-state index contributed by atoms with van der Waals surface area (Å²) in [5.74, 6) is 1.84. The highest BCUT2D eigenvalue weighted by atomic mass is 16.5. The van der Waals surface area contributed by atoms with Gasteiger partial charge in [0.05, 0.1) is 17.6 Å². The number of aromatic nitrogens is 2. The number of aryl methyl sites for hydroxylation is 1. The minimum Gasteiger partial charge on any atom is -0.489 e. The first kappa shape index (κ1) is 17.3. The molecule has 136 valence electrons. The number of rotatable bonds is 7. The molecule has 2 N–H and O–H groups in total. The lowest BCUT2D eigenvalue weighted by atomic mass is 10.1. The molecule has 0 unspecified atom stereocenters. The van der Waals surface area contributed by atoms with Crippen molar-refractivity contribution >= 4 is 11.0 Å². The zero-order valence-electron chi connectivity index (χ0n) is 15.4. The Morgan fingerprint density at radius 3 is 2.63 bits per heavy atom. The van der Waals surface area contributed by atoms with Gasteiger partial charge >= 0.3 is 0 Å². The number of hydrogen-bond acceptors (Lipinski definition) is 3. The lowest BCUT2D eigenvalue weighted by Gasteiger charge is -2.09. The molecule has 0 radical (unpaired) electrons. The lowest BCUT2D eigenvalue weighted by molar-refractivity contribution is 0.306. The second-order valence-electron chi connectivity index (χ2n) is 6.73. The third kappa shape index (κ3) is 4.54. The Morgan fingerprint density at radius 1 is 0.889 bits per heavy atom. The van der Waals surface area contributed by atoms with Gasteiger partial charge in [-0.2, -0.15) is 0 Å². The maximum absolute atomic E-state index is 5.95. The molecule has 0 atom stereocenters. The van der Waals surface area contributed by atoms with Crippen molar-refractivity contribution in [1.29, 1.82) is 0 Å². The van der Waals surface area contributed by atoms with Gasteiger partial charge in [0.1, 0.15) is 18.2 Å². The van der Waals surface area contributed by atoms with Crippen LogP contribution in [-0.2, 0) is 19.7 Å². The number of para-hydroxylation sites is 2. The molecule has 1 heterocycles. The van der Waals surface area contributed by atoms with Crippen LogP contribution in [0.2, 0.25) is 0 Å². The monoisotopic (exact) mass is 357 g/mol. The molecule has 27 heavy (non-hydrogen) atoms. The summed E-state index contributed by atoms with van der Waals surface area (Å²) >= 11 is 0. The highest BCUT2D eigenvalue weighted by molar-refractivity contribution is 5.74. The summed E-state index contributed by atoms with van der Waals surface area (Å²) in [5, 5.41) is 3.44. The molecule has 0 spiro atoms. The number of nitrogens with one attached hydrogen (secondary N) is 2. The normalized spacial score (nSPS) is 11.0. The van der Waals surface area contributed by atoms with E-state index >= 15 is 0 Å². The summed E-state index contributed by atoms with van der Waals surface area (Å²) < 4.78 is 5.95. The molecule has 0 aliphatic carbocycles. The van der Waals surface area contributed by atoms with Crippen molar-refractivity contribution < 1.29 is 4.74 Å². The number of hydrogen-bond donors (Lipinski definition) is 2. The van der Waals surface area contributed by atoms with Crippen molar-refractivity contribution in [2.24, 2.45) is 0 Å². The zero-order valence-corrected chi connectivity index (χ0v) is 15.4. The molecule has 0 saturated carbocycles. The highest BCUT2D eigenvalue weighted by Crippen LogP contribution is 2.16. The van der Waals surface area contributed by atoms with Gasteiger partial charge in [-0.3, -0.25) is 0 Å². The van der Waals surface area contributed by atoms with Crippen molar-refractivity contribution in [3.8, 4) is 5.75 Å². The van der Waals surface area contributed by atoms with Crippen LogP contribution in [0.1, 0.15) is 22.5 Å². The smallest absolute Gasteiger partial charge is 0.121 e. The number of H-pyrrole nitrogens is 1. The molecule has 4 nitrogen and oxygen atoms in total. The number of benzene rings is 3. The fourth-order valence-corrected chi connectivity index (χ4v) is 3.13. The first-order chi connectivity index (χ1) is 13.3. The van der Waals surface area contributed by atoms with Gasteiger partial charge in [-0.15, -0.1) is 0 Å². The van der Waals surface area contributed by atoms with Crippen LogP contribution in [0.5, 0.6) is 5.75 Å². The Hall–Kier alpha value is -3.11. The summed E-state index contributed by atoms with van der Waals surface area (Å²) in [6.45, 7) is 4.14. The maximum atomic E-state index is 5.95. The molecule has 0 bridgehead atoms. The van der Waals surface area contributed by atoms with Crippen LogP contribution >= 0.6 is 0 Å². The quantitative estimate of drug-likeness (QED) is 0.502. The number of fused-ring (bicyclic) bond motifs is 1. The van der Waals surface area contributed by atoms with Crippen molar-refractivity contribution in [2.45, 2.75) is 26.6 Å². The second-order valence-corrected chi connectivity index (χ2v) is 6.73. The van der Waals surface area contributed by atoms with E-state index in [2.05, 4.69) is 58.6 Å². The molecule has 1 aromatic heterocycles. The second kappa shape index (κ2) is 8.06.